The number of amides is 2. The molecule has 4 nitrogen and oxygen atoms in total. The lowest BCUT2D eigenvalue weighted by atomic mass is 10.1. The number of carbonyl (C=O) groups is 2. The van der Waals surface area contributed by atoms with Crippen molar-refractivity contribution < 1.29 is 9.59 Å². The maximum absolute atomic E-state index is 12.6. The molecule has 0 atom stereocenters. The number of hydrogen-bond acceptors (Lipinski definition) is 3. The molecule has 0 aliphatic carbocycles. The molecule has 0 bridgehead atoms. The van der Waals surface area contributed by atoms with E-state index < -0.39 is 0 Å². The van der Waals surface area contributed by atoms with Crippen molar-refractivity contribution in [2.45, 2.75) is 13.3 Å². The quantitative estimate of drug-likeness (QED) is 0.850. The second-order valence-corrected chi connectivity index (χ2v) is 6.73. The SMILES string of the molecule is Cc1cccc(C(=O)N2CCCN(C(=O)c3cccs3)CC2)c1. The van der Waals surface area contributed by atoms with Crippen LogP contribution < -0.4 is 0 Å². The van der Waals surface area contributed by atoms with Gasteiger partial charge in [-0.25, -0.2) is 0 Å². The summed E-state index contributed by atoms with van der Waals surface area (Å²) in [6, 6.07) is 11.4. The van der Waals surface area contributed by atoms with Gasteiger partial charge in [-0.2, -0.15) is 0 Å². The van der Waals surface area contributed by atoms with Crippen LogP contribution >= 0.6 is 11.3 Å². The summed E-state index contributed by atoms with van der Waals surface area (Å²) >= 11 is 1.47. The maximum Gasteiger partial charge on any atom is 0.263 e. The van der Waals surface area contributed by atoms with Crippen molar-refractivity contribution in [1.29, 1.82) is 0 Å². The topological polar surface area (TPSA) is 40.6 Å². The zero-order valence-corrected chi connectivity index (χ0v) is 14.0. The zero-order chi connectivity index (χ0) is 16.2. The van der Waals surface area contributed by atoms with Crippen LogP contribution in [0.5, 0.6) is 0 Å². The minimum atomic E-state index is 0.0547. The van der Waals surface area contributed by atoms with Crippen molar-refractivity contribution in [3.8, 4) is 0 Å². The molecule has 5 heteroatoms. The Labute approximate surface area is 140 Å². The Morgan fingerprint density at radius 3 is 2.35 bits per heavy atom. The molecule has 2 aromatic rings. The van der Waals surface area contributed by atoms with E-state index in [9.17, 15) is 9.59 Å². The fraction of sp³-hybridized carbons (Fsp3) is 0.333. The van der Waals surface area contributed by atoms with E-state index in [0.29, 0.717) is 26.2 Å². The molecule has 0 saturated carbocycles. The van der Waals surface area contributed by atoms with Crippen molar-refractivity contribution >= 4 is 23.2 Å². The lowest BCUT2D eigenvalue weighted by Crippen LogP contribution is -2.37. The van der Waals surface area contributed by atoms with Crippen LogP contribution in [0.15, 0.2) is 41.8 Å². The van der Waals surface area contributed by atoms with Gasteiger partial charge in [-0.15, -0.1) is 11.3 Å². The monoisotopic (exact) mass is 328 g/mol. The molecule has 0 N–H and O–H groups in total. The van der Waals surface area contributed by atoms with Crippen LogP contribution in [0.2, 0.25) is 0 Å². The van der Waals surface area contributed by atoms with Gasteiger partial charge in [0.05, 0.1) is 4.88 Å². The number of aryl methyl sites for hydroxylation is 1. The van der Waals surface area contributed by atoms with Gasteiger partial charge in [0.1, 0.15) is 0 Å². The molecule has 23 heavy (non-hydrogen) atoms. The largest absolute Gasteiger partial charge is 0.337 e. The van der Waals surface area contributed by atoms with Gasteiger partial charge in [-0.3, -0.25) is 9.59 Å². The highest BCUT2D eigenvalue weighted by Gasteiger charge is 2.23. The standard InChI is InChI=1S/C18H20N2O2S/c1-14-5-2-6-15(13-14)17(21)19-8-4-9-20(11-10-19)18(22)16-7-3-12-23-16/h2-3,5-7,12-13H,4,8-11H2,1H3. The highest BCUT2D eigenvalue weighted by Crippen LogP contribution is 2.15. The average Bonchev–Trinajstić information content (AvgIpc) is 2.98. The van der Waals surface area contributed by atoms with E-state index in [1.165, 1.54) is 11.3 Å². The molecular formula is C18H20N2O2S. The second kappa shape index (κ2) is 6.96. The van der Waals surface area contributed by atoms with Gasteiger partial charge >= 0.3 is 0 Å². The molecule has 1 aliphatic rings. The molecule has 0 unspecified atom stereocenters. The Morgan fingerprint density at radius 2 is 1.70 bits per heavy atom. The minimum Gasteiger partial charge on any atom is -0.337 e. The summed E-state index contributed by atoms with van der Waals surface area (Å²) < 4.78 is 0. The third-order valence-corrected chi connectivity index (χ3v) is 4.93. The molecule has 0 radical (unpaired) electrons. The van der Waals surface area contributed by atoms with E-state index in [-0.39, 0.29) is 11.8 Å². The molecule has 120 valence electrons. The maximum atomic E-state index is 12.6. The van der Waals surface area contributed by atoms with E-state index in [1.54, 1.807) is 0 Å². The van der Waals surface area contributed by atoms with Crippen LogP contribution in [0.4, 0.5) is 0 Å². The van der Waals surface area contributed by atoms with Crippen LogP contribution in [0.3, 0.4) is 0 Å². The van der Waals surface area contributed by atoms with Crippen molar-refractivity contribution in [3.05, 3.63) is 57.8 Å². The number of thiophene rings is 1. The van der Waals surface area contributed by atoms with Crippen molar-refractivity contribution in [3.63, 3.8) is 0 Å². The first kappa shape index (κ1) is 15.7. The minimum absolute atomic E-state index is 0.0547. The lowest BCUT2D eigenvalue weighted by molar-refractivity contribution is 0.0721. The van der Waals surface area contributed by atoms with Crippen LogP contribution in [0.1, 0.15) is 32.0 Å². The van der Waals surface area contributed by atoms with Crippen molar-refractivity contribution in [1.82, 2.24) is 9.80 Å². The Bertz CT molecular complexity index is 697. The van der Waals surface area contributed by atoms with E-state index in [1.807, 2.05) is 58.5 Å². The highest BCUT2D eigenvalue weighted by molar-refractivity contribution is 7.12. The Kier molecular flexibility index (Phi) is 4.76. The summed E-state index contributed by atoms with van der Waals surface area (Å²) in [6.07, 6.45) is 0.814. The summed E-state index contributed by atoms with van der Waals surface area (Å²) in [5.41, 5.74) is 1.81. The summed E-state index contributed by atoms with van der Waals surface area (Å²) in [7, 11) is 0. The molecular weight excluding hydrogens is 308 g/mol. The number of carbonyl (C=O) groups excluding carboxylic acids is 2. The first-order valence-corrected chi connectivity index (χ1v) is 8.72. The van der Waals surface area contributed by atoms with E-state index in [2.05, 4.69) is 0 Å². The Morgan fingerprint density at radius 1 is 0.957 bits per heavy atom. The van der Waals surface area contributed by atoms with Crippen molar-refractivity contribution in [2.75, 3.05) is 26.2 Å². The molecule has 1 aromatic heterocycles. The van der Waals surface area contributed by atoms with Gasteiger partial charge < -0.3 is 9.80 Å². The van der Waals surface area contributed by atoms with E-state index >= 15 is 0 Å². The third-order valence-electron chi connectivity index (χ3n) is 4.07. The zero-order valence-electron chi connectivity index (χ0n) is 13.2. The molecule has 2 amide bonds. The summed E-state index contributed by atoms with van der Waals surface area (Å²) in [5, 5.41) is 1.92. The number of hydrogen-bond donors (Lipinski definition) is 0. The Hall–Kier alpha value is -2.14. The van der Waals surface area contributed by atoms with Gasteiger partial charge in [-0.05, 0) is 36.9 Å². The number of benzene rings is 1. The fourth-order valence-electron chi connectivity index (χ4n) is 2.84. The van der Waals surface area contributed by atoms with Gasteiger partial charge in [0, 0.05) is 31.7 Å². The predicted octanol–water partition coefficient (Wildman–Crippen LogP) is 3.04. The molecule has 1 fully saturated rings. The van der Waals surface area contributed by atoms with Crippen LogP contribution in [0, 0.1) is 6.92 Å². The molecule has 1 saturated heterocycles. The fourth-order valence-corrected chi connectivity index (χ4v) is 3.53. The van der Waals surface area contributed by atoms with E-state index in [0.717, 1.165) is 22.4 Å². The van der Waals surface area contributed by atoms with Gasteiger partial charge in [0.15, 0.2) is 0 Å². The van der Waals surface area contributed by atoms with Crippen LogP contribution in [-0.4, -0.2) is 47.8 Å². The van der Waals surface area contributed by atoms with Gasteiger partial charge in [0.25, 0.3) is 11.8 Å². The second-order valence-electron chi connectivity index (χ2n) is 5.78. The molecule has 2 heterocycles. The predicted molar refractivity (Wildman–Crippen MR) is 91.9 cm³/mol. The first-order valence-electron chi connectivity index (χ1n) is 7.84. The average molecular weight is 328 g/mol. The normalized spacial score (nSPS) is 15.3. The van der Waals surface area contributed by atoms with Crippen molar-refractivity contribution in [2.24, 2.45) is 0 Å². The molecule has 1 aliphatic heterocycles. The molecule has 3 rings (SSSR count). The van der Waals surface area contributed by atoms with E-state index in [4.69, 9.17) is 0 Å². The number of nitrogens with zero attached hydrogens (tertiary/aromatic N) is 2. The van der Waals surface area contributed by atoms with Gasteiger partial charge in [0.2, 0.25) is 0 Å². The summed E-state index contributed by atoms with van der Waals surface area (Å²) in [4.78, 5) is 29.6. The highest BCUT2D eigenvalue weighted by atomic mass is 32.1. The van der Waals surface area contributed by atoms with Crippen LogP contribution in [-0.2, 0) is 0 Å². The summed E-state index contributed by atoms with van der Waals surface area (Å²) in [5.74, 6) is 0.129. The van der Waals surface area contributed by atoms with Crippen LogP contribution in [0.25, 0.3) is 0 Å². The molecule has 0 spiro atoms. The smallest absolute Gasteiger partial charge is 0.263 e. The number of rotatable bonds is 2. The Balaban J connectivity index is 1.66. The first-order chi connectivity index (χ1) is 11.1. The lowest BCUT2D eigenvalue weighted by Gasteiger charge is -2.22. The van der Waals surface area contributed by atoms with Gasteiger partial charge in [-0.1, -0.05) is 23.8 Å². The molecule has 1 aromatic carbocycles. The third kappa shape index (κ3) is 3.62. The summed E-state index contributed by atoms with van der Waals surface area (Å²) in [6.45, 7) is 4.56.